The Labute approximate surface area is 74.9 Å². The molecule has 4 rings (SSSR count). The molecule has 4 aliphatic carbocycles. The summed E-state index contributed by atoms with van der Waals surface area (Å²) < 4.78 is 0. The smallest absolute Gasteiger partial charge is 0.0132 e. The molecule has 1 nitrogen and oxygen atoms in total. The van der Waals surface area contributed by atoms with Crippen LogP contribution in [0.3, 0.4) is 0 Å². The van der Waals surface area contributed by atoms with E-state index in [1.165, 1.54) is 13.0 Å². The SMILES string of the molecule is CCN[C@@H]1[C@H]2C[C@@H]3[C@@H]1[C@]3(CC)C2. The van der Waals surface area contributed by atoms with Crippen LogP contribution in [0.15, 0.2) is 0 Å². The van der Waals surface area contributed by atoms with Crippen molar-refractivity contribution in [2.45, 2.75) is 39.2 Å². The molecule has 1 heteroatoms. The van der Waals surface area contributed by atoms with E-state index < -0.39 is 0 Å². The summed E-state index contributed by atoms with van der Waals surface area (Å²) in [6, 6.07) is 0.917. The lowest BCUT2D eigenvalue weighted by molar-refractivity contribution is 0.430. The summed E-state index contributed by atoms with van der Waals surface area (Å²) in [5.41, 5.74) is 0.845. The minimum Gasteiger partial charge on any atom is -0.314 e. The summed E-state index contributed by atoms with van der Waals surface area (Å²) in [5.74, 6) is 3.28. The Bertz CT molecular complexity index is 213. The first-order valence-electron chi connectivity index (χ1n) is 5.57. The van der Waals surface area contributed by atoms with Gasteiger partial charge in [0.2, 0.25) is 0 Å². The van der Waals surface area contributed by atoms with E-state index in [-0.39, 0.29) is 0 Å². The largest absolute Gasteiger partial charge is 0.314 e. The Balaban J connectivity index is 1.81. The summed E-state index contributed by atoms with van der Waals surface area (Å²) in [5, 5.41) is 3.69. The molecule has 12 heavy (non-hydrogen) atoms. The third-order valence-corrected chi connectivity index (χ3v) is 4.92. The van der Waals surface area contributed by atoms with E-state index in [4.69, 9.17) is 0 Å². The van der Waals surface area contributed by atoms with Gasteiger partial charge >= 0.3 is 0 Å². The van der Waals surface area contributed by atoms with Gasteiger partial charge in [-0.25, -0.2) is 0 Å². The number of nitrogens with one attached hydrogen (secondary N) is 1. The summed E-state index contributed by atoms with van der Waals surface area (Å²) in [6.07, 6.45) is 4.55. The molecular weight excluding hydrogens is 146 g/mol. The second kappa shape index (κ2) is 2.06. The Kier molecular flexibility index (Phi) is 1.27. The predicted molar refractivity (Wildman–Crippen MR) is 49.9 cm³/mol. The fourth-order valence-electron chi connectivity index (χ4n) is 4.52. The van der Waals surface area contributed by atoms with E-state index in [9.17, 15) is 0 Å². The second-order valence-electron chi connectivity index (χ2n) is 5.00. The fourth-order valence-corrected chi connectivity index (χ4v) is 4.52. The molecule has 0 unspecified atom stereocenters. The quantitative estimate of drug-likeness (QED) is 0.674. The molecule has 4 bridgehead atoms. The van der Waals surface area contributed by atoms with Crippen molar-refractivity contribution in [2.75, 3.05) is 6.54 Å². The van der Waals surface area contributed by atoms with Crippen molar-refractivity contribution in [1.82, 2.24) is 5.32 Å². The molecule has 0 aliphatic heterocycles. The third-order valence-electron chi connectivity index (χ3n) is 4.92. The van der Waals surface area contributed by atoms with Crippen LogP contribution in [0.5, 0.6) is 0 Å². The van der Waals surface area contributed by atoms with Crippen LogP contribution in [-0.2, 0) is 0 Å². The van der Waals surface area contributed by atoms with Crippen LogP contribution < -0.4 is 5.32 Å². The first-order valence-corrected chi connectivity index (χ1v) is 5.57. The van der Waals surface area contributed by atoms with Crippen molar-refractivity contribution in [2.24, 2.45) is 23.2 Å². The maximum absolute atomic E-state index is 3.69. The van der Waals surface area contributed by atoms with Gasteiger partial charge in [0.25, 0.3) is 0 Å². The van der Waals surface area contributed by atoms with Crippen molar-refractivity contribution in [3.63, 3.8) is 0 Å². The molecule has 0 heterocycles. The summed E-state index contributed by atoms with van der Waals surface area (Å²) >= 11 is 0. The van der Waals surface area contributed by atoms with E-state index in [1.807, 2.05) is 0 Å². The zero-order valence-electron chi connectivity index (χ0n) is 8.14. The highest BCUT2D eigenvalue weighted by Gasteiger charge is 2.77. The van der Waals surface area contributed by atoms with Gasteiger partial charge in [0.1, 0.15) is 0 Å². The van der Waals surface area contributed by atoms with E-state index in [1.54, 1.807) is 12.8 Å². The molecule has 4 aliphatic rings. The van der Waals surface area contributed by atoms with Gasteiger partial charge in [0, 0.05) is 6.04 Å². The second-order valence-corrected chi connectivity index (χ2v) is 5.00. The minimum absolute atomic E-state index is 0.845. The topological polar surface area (TPSA) is 12.0 Å². The molecule has 0 saturated heterocycles. The van der Waals surface area contributed by atoms with Gasteiger partial charge in [0.15, 0.2) is 0 Å². The lowest BCUT2D eigenvalue weighted by Gasteiger charge is -2.14. The van der Waals surface area contributed by atoms with Gasteiger partial charge < -0.3 is 5.32 Å². The highest BCUT2D eigenvalue weighted by Crippen LogP contribution is 2.80. The lowest BCUT2D eigenvalue weighted by atomic mass is 10.0. The lowest BCUT2D eigenvalue weighted by Crippen LogP contribution is -2.32. The highest BCUT2D eigenvalue weighted by molar-refractivity contribution is 5.27. The first kappa shape index (κ1) is 7.37. The van der Waals surface area contributed by atoms with Gasteiger partial charge in [-0.1, -0.05) is 13.8 Å². The first-order chi connectivity index (χ1) is 5.83. The predicted octanol–water partition coefficient (Wildman–Crippen LogP) is 2.03. The van der Waals surface area contributed by atoms with Crippen molar-refractivity contribution in [1.29, 1.82) is 0 Å². The van der Waals surface area contributed by atoms with E-state index in [0.29, 0.717) is 0 Å². The van der Waals surface area contributed by atoms with E-state index >= 15 is 0 Å². The molecule has 68 valence electrons. The van der Waals surface area contributed by atoms with Gasteiger partial charge in [-0.3, -0.25) is 0 Å². The van der Waals surface area contributed by atoms with Gasteiger partial charge in [-0.2, -0.15) is 0 Å². The van der Waals surface area contributed by atoms with Crippen molar-refractivity contribution < 1.29 is 0 Å². The molecule has 4 saturated carbocycles. The zero-order valence-corrected chi connectivity index (χ0v) is 8.14. The van der Waals surface area contributed by atoms with Crippen LogP contribution in [0.4, 0.5) is 0 Å². The van der Waals surface area contributed by atoms with Crippen LogP contribution >= 0.6 is 0 Å². The van der Waals surface area contributed by atoms with E-state index in [2.05, 4.69) is 19.2 Å². The van der Waals surface area contributed by atoms with Crippen LogP contribution in [0.25, 0.3) is 0 Å². The molecule has 0 radical (unpaired) electrons. The van der Waals surface area contributed by atoms with Crippen LogP contribution in [0.1, 0.15) is 33.1 Å². The molecule has 0 amide bonds. The molecule has 5 atom stereocenters. The van der Waals surface area contributed by atoms with Crippen molar-refractivity contribution >= 4 is 0 Å². The Morgan fingerprint density at radius 3 is 2.75 bits per heavy atom. The molecule has 0 aromatic carbocycles. The Morgan fingerprint density at radius 2 is 2.25 bits per heavy atom. The van der Waals surface area contributed by atoms with Crippen molar-refractivity contribution in [3.8, 4) is 0 Å². The number of hydrogen-bond donors (Lipinski definition) is 1. The molecule has 0 aromatic heterocycles. The number of rotatable bonds is 3. The maximum Gasteiger partial charge on any atom is 0.0132 e. The van der Waals surface area contributed by atoms with Crippen LogP contribution in [0.2, 0.25) is 0 Å². The van der Waals surface area contributed by atoms with E-state index in [0.717, 1.165) is 29.2 Å². The molecule has 0 spiro atoms. The molecule has 1 N–H and O–H groups in total. The average molecular weight is 165 g/mol. The third kappa shape index (κ3) is 0.585. The van der Waals surface area contributed by atoms with Gasteiger partial charge in [-0.05, 0) is 49.0 Å². The standard InChI is InChI=1S/C11H19N/c1-3-11-6-7-5-8(11)9(11)10(7)12-4-2/h7-10,12H,3-6H2,1-2H3/t7-,8+,9-,10+,11+/m0/s1. The normalized spacial score (nSPS) is 59.5. The maximum atomic E-state index is 3.69. The van der Waals surface area contributed by atoms with Crippen molar-refractivity contribution in [3.05, 3.63) is 0 Å². The Morgan fingerprint density at radius 1 is 1.42 bits per heavy atom. The average Bonchev–Trinajstić information content (AvgIpc) is 2.49. The highest BCUT2D eigenvalue weighted by atomic mass is 15.0. The molecule has 0 aromatic rings. The molecular formula is C11H19N. The van der Waals surface area contributed by atoms with Crippen LogP contribution in [-0.4, -0.2) is 12.6 Å². The summed E-state index contributed by atoms with van der Waals surface area (Å²) in [6.45, 7) is 5.81. The minimum atomic E-state index is 0.845. The van der Waals surface area contributed by atoms with Gasteiger partial charge in [0.05, 0.1) is 0 Å². The van der Waals surface area contributed by atoms with Gasteiger partial charge in [-0.15, -0.1) is 0 Å². The Hall–Kier alpha value is -0.0400. The summed E-state index contributed by atoms with van der Waals surface area (Å²) in [7, 11) is 0. The number of hydrogen-bond acceptors (Lipinski definition) is 1. The summed E-state index contributed by atoms with van der Waals surface area (Å²) in [4.78, 5) is 0. The monoisotopic (exact) mass is 165 g/mol. The van der Waals surface area contributed by atoms with Crippen LogP contribution in [0, 0.1) is 23.2 Å². The fraction of sp³-hybridized carbons (Fsp3) is 1.00. The zero-order chi connectivity index (χ0) is 8.34. The molecule has 4 fully saturated rings.